The first kappa shape index (κ1) is 13.2. The summed E-state index contributed by atoms with van der Waals surface area (Å²) in [5, 5.41) is 34.4. The lowest BCUT2D eigenvalue weighted by atomic mass is 10.2. The van der Waals surface area contributed by atoms with Crippen LogP contribution in [0.4, 0.5) is 0 Å². The maximum Gasteiger partial charge on any atom is 0.205 e. The van der Waals surface area contributed by atoms with E-state index in [0.717, 1.165) is 10.5 Å². The summed E-state index contributed by atoms with van der Waals surface area (Å²) in [6, 6.07) is 2.74. The number of rotatable bonds is 2. The van der Waals surface area contributed by atoms with Crippen LogP contribution in [-0.4, -0.2) is 33.3 Å². The van der Waals surface area contributed by atoms with Crippen molar-refractivity contribution in [3.8, 4) is 17.2 Å². The third-order valence-electron chi connectivity index (χ3n) is 2.51. The maximum absolute atomic E-state index is 9.67. The van der Waals surface area contributed by atoms with Crippen molar-refractivity contribution >= 4 is 17.6 Å². The lowest BCUT2D eigenvalue weighted by Gasteiger charge is -2.03. The first-order valence-corrected chi connectivity index (χ1v) is 6.30. The third-order valence-corrected chi connectivity index (χ3v) is 3.54. The Morgan fingerprint density at radius 3 is 2.63 bits per heavy atom. The van der Waals surface area contributed by atoms with E-state index in [-0.39, 0.29) is 5.75 Å². The predicted octanol–water partition coefficient (Wildman–Crippen LogP) is 1.39. The molecule has 100 valence electrons. The van der Waals surface area contributed by atoms with E-state index in [1.165, 1.54) is 29.7 Å². The minimum atomic E-state index is -0.559. The second kappa shape index (κ2) is 5.15. The van der Waals surface area contributed by atoms with Gasteiger partial charge in [-0.3, -0.25) is 4.99 Å². The Labute approximate surface area is 113 Å². The maximum atomic E-state index is 9.67. The topological polar surface area (TPSA) is 90.3 Å². The summed E-state index contributed by atoms with van der Waals surface area (Å²) < 4.78 is 1.62. The van der Waals surface area contributed by atoms with Crippen LogP contribution in [0.2, 0.25) is 0 Å². The number of nitrogens with zero attached hydrogens (tertiary/aromatic N) is 3. The van der Waals surface area contributed by atoms with Gasteiger partial charge in [0, 0.05) is 18.0 Å². The zero-order valence-corrected chi connectivity index (χ0v) is 11.2. The standard InChI is InChI=1S/C12H13N3O3S/c1-7-6-19-12(13-2)15(7)14-5-8-3-4-9(16)11(18)10(8)17/h3-6,16-18H,1-2H3/b13-12?,14-5+. The Hall–Kier alpha value is -2.28. The molecule has 0 saturated carbocycles. The van der Waals surface area contributed by atoms with Gasteiger partial charge in [-0.2, -0.15) is 5.10 Å². The van der Waals surface area contributed by atoms with Crippen molar-refractivity contribution in [2.45, 2.75) is 6.92 Å². The van der Waals surface area contributed by atoms with Crippen LogP contribution in [0.1, 0.15) is 11.3 Å². The normalized spacial score (nSPS) is 12.4. The van der Waals surface area contributed by atoms with Crippen LogP contribution in [0.3, 0.4) is 0 Å². The first-order chi connectivity index (χ1) is 9.04. The average molecular weight is 279 g/mol. The van der Waals surface area contributed by atoms with Crippen molar-refractivity contribution in [1.29, 1.82) is 0 Å². The number of aromatic nitrogens is 1. The largest absolute Gasteiger partial charge is 0.504 e. The molecule has 0 atom stereocenters. The van der Waals surface area contributed by atoms with E-state index in [2.05, 4.69) is 10.1 Å². The van der Waals surface area contributed by atoms with Gasteiger partial charge in [-0.05, 0) is 19.1 Å². The third kappa shape index (κ3) is 2.45. The van der Waals surface area contributed by atoms with Crippen molar-refractivity contribution in [2.75, 3.05) is 7.05 Å². The van der Waals surface area contributed by atoms with E-state index >= 15 is 0 Å². The second-order valence-corrected chi connectivity index (χ2v) is 4.65. The van der Waals surface area contributed by atoms with Crippen molar-refractivity contribution < 1.29 is 15.3 Å². The number of aromatic hydroxyl groups is 3. The van der Waals surface area contributed by atoms with Gasteiger partial charge in [-0.25, -0.2) is 4.68 Å². The van der Waals surface area contributed by atoms with Gasteiger partial charge < -0.3 is 15.3 Å². The molecule has 1 aromatic heterocycles. The van der Waals surface area contributed by atoms with Gasteiger partial charge in [0.05, 0.1) is 11.9 Å². The fourth-order valence-corrected chi connectivity index (χ4v) is 2.26. The number of phenolic OH excluding ortho intramolecular Hbond substituents is 3. The fraction of sp³-hybridized carbons (Fsp3) is 0.167. The summed E-state index contributed by atoms with van der Waals surface area (Å²) in [6.45, 7) is 1.89. The van der Waals surface area contributed by atoms with Crippen LogP contribution in [0.25, 0.3) is 0 Å². The lowest BCUT2D eigenvalue weighted by Crippen LogP contribution is -2.11. The predicted molar refractivity (Wildman–Crippen MR) is 73.0 cm³/mol. The molecule has 0 fully saturated rings. The van der Waals surface area contributed by atoms with Gasteiger partial charge >= 0.3 is 0 Å². The Kier molecular flexibility index (Phi) is 3.57. The second-order valence-electron chi connectivity index (χ2n) is 3.81. The van der Waals surface area contributed by atoms with Crippen molar-refractivity contribution in [2.24, 2.45) is 10.1 Å². The zero-order chi connectivity index (χ0) is 14.0. The van der Waals surface area contributed by atoms with Crippen molar-refractivity contribution in [3.05, 3.63) is 33.6 Å². The van der Waals surface area contributed by atoms with E-state index < -0.39 is 11.5 Å². The molecule has 0 aliphatic carbocycles. The van der Waals surface area contributed by atoms with Gasteiger partial charge in [0.2, 0.25) is 10.6 Å². The van der Waals surface area contributed by atoms with Gasteiger partial charge in [0.25, 0.3) is 0 Å². The number of benzene rings is 1. The van der Waals surface area contributed by atoms with Crippen molar-refractivity contribution in [1.82, 2.24) is 4.68 Å². The quantitative estimate of drug-likeness (QED) is 0.573. The molecule has 0 aliphatic heterocycles. The molecule has 0 radical (unpaired) electrons. The van der Waals surface area contributed by atoms with E-state index in [4.69, 9.17) is 0 Å². The average Bonchev–Trinajstić information content (AvgIpc) is 2.76. The Morgan fingerprint density at radius 2 is 1.95 bits per heavy atom. The Bertz CT molecular complexity index is 701. The molecule has 2 rings (SSSR count). The highest BCUT2D eigenvalue weighted by molar-refractivity contribution is 7.07. The molecule has 0 aliphatic rings. The van der Waals surface area contributed by atoms with Gasteiger partial charge in [0.15, 0.2) is 11.5 Å². The van der Waals surface area contributed by atoms with E-state index in [0.29, 0.717) is 5.56 Å². The zero-order valence-electron chi connectivity index (χ0n) is 10.4. The summed E-state index contributed by atoms with van der Waals surface area (Å²) in [5.41, 5.74) is 1.21. The van der Waals surface area contributed by atoms with Crippen LogP contribution in [-0.2, 0) is 0 Å². The molecule has 0 saturated heterocycles. The summed E-state index contributed by atoms with van der Waals surface area (Å²) in [6.07, 6.45) is 1.39. The van der Waals surface area contributed by atoms with Gasteiger partial charge in [-0.15, -0.1) is 11.3 Å². The van der Waals surface area contributed by atoms with Crippen LogP contribution >= 0.6 is 11.3 Å². The molecule has 0 unspecified atom stereocenters. The minimum Gasteiger partial charge on any atom is -0.504 e. The molecule has 7 heteroatoms. The highest BCUT2D eigenvalue weighted by Gasteiger charge is 2.09. The monoisotopic (exact) mass is 279 g/mol. The molecular weight excluding hydrogens is 266 g/mol. The van der Waals surface area contributed by atoms with Crippen LogP contribution in [0, 0.1) is 6.92 Å². The van der Waals surface area contributed by atoms with Gasteiger partial charge in [0.1, 0.15) is 0 Å². The summed E-state index contributed by atoms with van der Waals surface area (Å²) >= 11 is 1.45. The molecule has 0 spiro atoms. The smallest absolute Gasteiger partial charge is 0.205 e. The Morgan fingerprint density at radius 1 is 1.21 bits per heavy atom. The SMILES string of the molecule is CN=c1scc(C)n1/N=C/c1ccc(O)c(O)c1O. The molecular formula is C12H13N3O3S. The van der Waals surface area contributed by atoms with Crippen LogP contribution in [0.5, 0.6) is 17.2 Å². The highest BCUT2D eigenvalue weighted by atomic mass is 32.1. The highest BCUT2D eigenvalue weighted by Crippen LogP contribution is 2.36. The molecule has 0 bridgehead atoms. The van der Waals surface area contributed by atoms with Crippen LogP contribution in [0.15, 0.2) is 27.6 Å². The van der Waals surface area contributed by atoms with Gasteiger partial charge in [-0.1, -0.05) is 0 Å². The number of phenols is 3. The fourth-order valence-electron chi connectivity index (χ4n) is 1.49. The van der Waals surface area contributed by atoms with Crippen molar-refractivity contribution in [3.63, 3.8) is 0 Å². The first-order valence-electron chi connectivity index (χ1n) is 5.42. The summed E-state index contributed by atoms with van der Waals surface area (Å²) in [4.78, 5) is 4.79. The molecule has 19 heavy (non-hydrogen) atoms. The number of hydrogen-bond acceptors (Lipinski definition) is 6. The van der Waals surface area contributed by atoms with Crippen LogP contribution < -0.4 is 4.80 Å². The number of thiazole rings is 1. The van der Waals surface area contributed by atoms with E-state index in [1.54, 1.807) is 11.7 Å². The minimum absolute atomic E-state index is 0.301. The number of hydrogen-bond donors (Lipinski definition) is 3. The summed E-state index contributed by atoms with van der Waals surface area (Å²) in [7, 11) is 1.67. The van der Waals surface area contributed by atoms with E-state index in [9.17, 15) is 15.3 Å². The molecule has 1 aromatic carbocycles. The molecule has 0 amide bonds. The molecule has 1 heterocycles. The molecule has 6 nitrogen and oxygen atoms in total. The number of aryl methyl sites for hydroxylation is 1. The summed E-state index contributed by atoms with van der Waals surface area (Å²) in [5.74, 6) is -1.35. The molecule has 2 aromatic rings. The Balaban J connectivity index is 2.44. The van der Waals surface area contributed by atoms with E-state index in [1.807, 2.05) is 12.3 Å². The lowest BCUT2D eigenvalue weighted by molar-refractivity contribution is 0.367. The molecule has 3 N–H and O–H groups in total.